The fraction of sp³-hybridized carbons (Fsp3) is 0.208. The van der Waals surface area contributed by atoms with Crippen LogP contribution in [0, 0.1) is 41.5 Å². The lowest BCUT2D eigenvalue weighted by molar-refractivity contribution is 0.0955. The number of nitrogens with zero attached hydrogens (tertiary/aromatic N) is 15. The van der Waals surface area contributed by atoms with Gasteiger partial charge >= 0.3 is 0 Å². The van der Waals surface area contributed by atoms with E-state index in [4.69, 9.17) is 31.5 Å². The quantitative estimate of drug-likeness (QED) is 0.0340. The van der Waals surface area contributed by atoms with E-state index in [9.17, 15) is 14.4 Å². The summed E-state index contributed by atoms with van der Waals surface area (Å²) in [6.45, 7) is 11.2. The van der Waals surface area contributed by atoms with Crippen molar-refractivity contribution < 1.29 is 28.6 Å². The van der Waals surface area contributed by atoms with E-state index < -0.39 is 0 Å². The first-order chi connectivity index (χ1) is 49.5. The molecule has 0 aliphatic heterocycles. The van der Waals surface area contributed by atoms with Gasteiger partial charge in [-0.05, 0) is 102 Å². The van der Waals surface area contributed by atoms with Crippen LogP contribution in [0.3, 0.4) is 0 Å². The number of nitrogen functional groups attached to an aromatic ring is 1. The molecule has 0 saturated carbocycles. The van der Waals surface area contributed by atoms with E-state index in [1.54, 1.807) is 87.0 Å². The molecule has 3 aromatic carbocycles. The molecule has 0 atom stereocenters. The SMILES string of the molecule is CNC(=O)c1cnc(Cl)cc1Nc1cccc(-c2ccn(C)n2)c1OC.CNC(=O)c1cnc(Nc2cc(C)nc(C)n2)cc1Nc1cccc(-c2ccn(C)n2)c1OC.CNC(=O)c1cnc(Nc2cc(C)nc(C)n2)cc1Nc1cccc(-c2ccnn2C)c1OC.Cc1cc(N)nc(C)n1. The number of ether oxygens (including phenoxy) is 3. The standard InChI is InChI=1S/2C24H26N8O2.C18H18ClN5O2.C6H9N3/c1-14-11-22(28-15(2)27-14)30-21-12-20(17(13-26-21)24(33)25-3)29-19-8-6-7-16(23(19)34-5)18-9-10-32(4)31-18;1-14-11-22(29-15(2)28-14)31-21-12-19(17(13-26-21)24(33)25-3)30-18-8-6-7-16(23(18)34-5)20-9-10-27-32(20)4;1-20-18(25)12-10-21-16(19)9-15(12)22-14-6-4-5-11(17(14)26-3)13-7-8-24(2)23-13;1-4-3-6(7)9-5(2)8-4/h6-13H,1-5H3,(H,25,33)(H2,26,27,28,29,30);6-13H,1-5H3,(H,25,33)(H2,26,28,29,30,31);4-10H,1-3H3,(H,20,25)(H,21,22);3H,1-2H3,(H2,7,8,9). The van der Waals surface area contributed by atoms with Crippen LogP contribution in [0.25, 0.3) is 33.8 Å². The summed E-state index contributed by atoms with van der Waals surface area (Å²) in [4.78, 5) is 75.3. The molecule has 12 rings (SSSR count). The lowest BCUT2D eigenvalue weighted by Gasteiger charge is -2.17. The monoisotopic (exact) mass is 1410 g/mol. The Morgan fingerprint density at radius 2 is 0.825 bits per heavy atom. The Morgan fingerprint density at radius 1 is 0.437 bits per heavy atom. The average Bonchev–Trinajstić information content (AvgIpc) is 1.78. The molecule has 9 heterocycles. The first-order valence-corrected chi connectivity index (χ1v) is 32.2. The van der Waals surface area contributed by atoms with Crippen LogP contribution in [0.4, 0.5) is 63.2 Å². The number of amides is 3. The number of nitrogens with one attached hydrogen (secondary N) is 8. The summed E-state index contributed by atoms with van der Waals surface area (Å²) < 4.78 is 22.3. The highest BCUT2D eigenvalue weighted by Gasteiger charge is 2.22. The van der Waals surface area contributed by atoms with Crippen LogP contribution in [-0.4, -0.2) is 134 Å². The summed E-state index contributed by atoms with van der Waals surface area (Å²) >= 11 is 6.01. The van der Waals surface area contributed by atoms with Gasteiger partial charge in [-0.1, -0.05) is 29.8 Å². The predicted octanol–water partition coefficient (Wildman–Crippen LogP) is 11.4. The highest BCUT2D eigenvalue weighted by molar-refractivity contribution is 6.29. The number of benzene rings is 3. The van der Waals surface area contributed by atoms with Gasteiger partial charge in [-0.15, -0.1) is 0 Å². The lowest BCUT2D eigenvalue weighted by atomic mass is 10.1. The number of methoxy groups -OCH3 is 3. The Labute approximate surface area is 599 Å². The summed E-state index contributed by atoms with van der Waals surface area (Å²) in [6.07, 6.45) is 9.92. The molecule has 0 unspecified atom stereocenters. The Balaban J connectivity index is 0.000000170. The zero-order valence-corrected chi connectivity index (χ0v) is 60.2. The van der Waals surface area contributed by atoms with Crippen LogP contribution in [0.15, 0.2) is 146 Å². The van der Waals surface area contributed by atoms with Crippen molar-refractivity contribution in [3.8, 4) is 51.0 Å². The number of nitrogens with two attached hydrogens (primary N) is 1. The molecular formula is C72H79ClN24O6. The molecule has 0 fully saturated rings. The Kier molecular flexibility index (Phi) is 24.5. The zero-order chi connectivity index (χ0) is 74.0. The zero-order valence-electron chi connectivity index (χ0n) is 59.5. The number of rotatable bonds is 19. The molecule has 0 bridgehead atoms. The molecule has 530 valence electrons. The number of aryl methyl sites for hydroxylation is 9. The third kappa shape index (κ3) is 19.0. The highest BCUT2D eigenvalue weighted by atomic mass is 35.5. The minimum Gasteiger partial charge on any atom is -0.494 e. The number of anilines is 11. The number of pyridine rings is 3. The largest absolute Gasteiger partial charge is 0.494 e. The second-order valence-electron chi connectivity index (χ2n) is 22.8. The predicted molar refractivity (Wildman–Crippen MR) is 399 cm³/mol. The molecule has 3 amide bonds. The van der Waals surface area contributed by atoms with E-state index in [2.05, 4.69) is 103 Å². The third-order valence-corrected chi connectivity index (χ3v) is 15.3. The van der Waals surface area contributed by atoms with Gasteiger partial charge in [0.1, 0.15) is 51.7 Å². The molecule has 10 N–H and O–H groups in total. The van der Waals surface area contributed by atoms with Gasteiger partial charge in [0.25, 0.3) is 17.7 Å². The maximum Gasteiger partial charge on any atom is 0.254 e. The van der Waals surface area contributed by atoms with Crippen molar-refractivity contribution >= 4 is 92.5 Å². The smallest absolute Gasteiger partial charge is 0.254 e. The fourth-order valence-electron chi connectivity index (χ4n) is 10.7. The molecule has 12 aromatic rings. The number of para-hydroxylation sites is 3. The van der Waals surface area contributed by atoms with Crippen molar-refractivity contribution in [2.75, 3.05) is 74.8 Å². The molecule has 103 heavy (non-hydrogen) atoms. The van der Waals surface area contributed by atoms with Crippen molar-refractivity contribution in [2.45, 2.75) is 41.5 Å². The van der Waals surface area contributed by atoms with Crippen LogP contribution >= 0.6 is 11.6 Å². The van der Waals surface area contributed by atoms with E-state index in [0.29, 0.717) is 109 Å². The third-order valence-electron chi connectivity index (χ3n) is 15.1. The van der Waals surface area contributed by atoms with Crippen LogP contribution < -0.4 is 62.5 Å². The number of halogens is 1. The number of carbonyl (C=O) groups is 3. The van der Waals surface area contributed by atoms with Crippen LogP contribution in [-0.2, 0) is 21.1 Å². The Morgan fingerprint density at radius 3 is 1.18 bits per heavy atom. The number of hydrogen-bond donors (Lipinski definition) is 9. The van der Waals surface area contributed by atoms with Crippen molar-refractivity contribution in [1.29, 1.82) is 0 Å². The van der Waals surface area contributed by atoms with Gasteiger partial charge in [-0.3, -0.25) is 28.4 Å². The maximum absolute atomic E-state index is 12.6. The van der Waals surface area contributed by atoms with Gasteiger partial charge in [-0.25, -0.2) is 44.9 Å². The molecule has 0 spiro atoms. The summed E-state index contributed by atoms with van der Waals surface area (Å²) in [5.41, 5.74) is 17.8. The first kappa shape index (κ1) is 74.1. The molecule has 0 aliphatic carbocycles. The van der Waals surface area contributed by atoms with Crippen molar-refractivity contribution in [2.24, 2.45) is 21.1 Å². The topological polar surface area (TPSA) is 371 Å². The molecular weight excluding hydrogens is 1330 g/mol. The van der Waals surface area contributed by atoms with Gasteiger partial charge in [0.15, 0.2) is 17.2 Å². The van der Waals surface area contributed by atoms with Gasteiger partial charge in [0.2, 0.25) is 0 Å². The normalized spacial score (nSPS) is 10.5. The molecule has 9 aromatic heterocycles. The minimum atomic E-state index is -0.268. The Bertz CT molecular complexity index is 4930. The van der Waals surface area contributed by atoms with Crippen molar-refractivity contribution in [3.63, 3.8) is 0 Å². The second kappa shape index (κ2) is 34.1. The minimum absolute atomic E-state index is 0.267. The van der Waals surface area contributed by atoms with Gasteiger partial charge in [0, 0.05) is 144 Å². The maximum atomic E-state index is 12.6. The average molecular weight is 1410 g/mol. The van der Waals surface area contributed by atoms with E-state index >= 15 is 0 Å². The lowest BCUT2D eigenvalue weighted by Crippen LogP contribution is -2.19. The van der Waals surface area contributed by atoms with Crippen LogP contribution in [0.1, 0.15) is 65.6 Å². The second-order valence-corrected chi connectivity index (χ2v) is 23.1. The first-order valence-electron chi connectivity index (χ1n) is 31.9. The van der Waals surface area contributed by atoms with Gasteiger partial charge < -0.3 is 62.5 Å². The van der Waals surface area contributed by atoms with Gasteiger partial charge in [-0.2, -0.15) is 15.3 Å². The van der Waals surface area contributed by atoms with Crippen molar-refractivity contribution in [1.82, 2.24) is 90.1 Å². The molecule has 31 heteroatoms. The van der Waals surface area contributed by atoms with Crippen LogP contribution in [0.2, 0.25) is 5.15 Å². The molecule has 0 aliphatic rings. The highest BCUT2D eigenvalue weighted by Crippen LogP contribution is 2.41. The summed E-state index contributed by atoms with van der Waals surface area (Å²) in [5, 5.41) is 37.6. The number of carbonyl (C=O) groups excluding carboxylic acids is 3. The summed E-state index contributed by atoms with van der Waals surface area (Å²) in [7, 11) is 15.1. The van der Waals surface area contributed by atoms with Crippen molar-refractivity contribution in [3.05, 3.63) is 203 Å². The van der Waals surface area contributed by atoms with Gasteiger partial charge in [0.05, 0.1) is 89.2 Å². The Hall–Kier alpha value is -13.1. The van der Waals surface area contributed by atoms with E-state index in [-0.39, 0.29) is 22.9 Å². The van der Waals surface area contributed by atoms with E-state index in [0.717, 1.165) is 56.7 Å². The fourth-order valence-corrected chi connectivity index (χ4v) is 10.8. The van der Waals surface area contributed by atoms with E-state index in [1.807, 2.05) is 160 Å². The molecule has 0 saturated heterocycles. The summed E-state index contributed by atoms with van der Waals surface area (Å²) in [6, 6.07) is 33.4. The van der Waals surface area contributed by atoms with E-state index in [1.165, 1.54) is 18.6 Å². The number of aromatic nitrogens is 15. The van der Waals surface area contributed by atoms with Crippen LogP contribution in [0.5, 0.6) is 17.2 Å². The molecule has 0 radical (unpaired) electrons. The number of hydrogen-bond acceptors (Lipinski definition) is 24. The molecule has 30 nitrogen and oxygen atoms in total. The summed E-state index contributed by atoms with van der Waals surface area (Å²) in [5.74, 6) is 5.90.